The van der Waals surface area contributed by atoms with Gasteiger partial charge in [0.15, 0.2) is 0 Å². The van der Waals surface area contributed by atoms with Gasteiger partial charge in [0.25, 0.3) is 5.91 Å². The van der Waals surface area contributed by atoms with E-state index in [2.05, 4.69) is 10.6 Å². The highest BCUT2D eigenvalue weighted by atomic mass is 16.2. The number of anilines is 2. The van der Waals surface area contributed by atoms with Gasteiger partial charge in [0.2, 0.25) is 17.7 Å². The Balaban J connectivity index is 1.27. The third kappa shape index (κ3) is 3.41. The molecule has 2 aromatic carbocycles. The molecule has 3 heterocycles. The second kappa shape index (κ2) is 7.78. The lowest BCUT2D eigenvalue weighted by Crippen LogP contribution is -2.52. The number of hydrogen-bond donors (Lipinski definition) is 2. The monoisotopic (exact) mass is 432 g/mol. The lowest BCUT2D eigenvalue weighted by Gasteiger charge is -2.29. The number of benzene rings is 2. The second-order valence-electron chi connectivity index (χ2n) is 8.57. The fraction of sp³-hybridized carbons (Fsp3) is 0.333. The summed E-state index contributed by atoms with van der Waals surface area (Å²) in [6, 6.07) is 12.8. The highest BCUT2D eigenvalue weighted by Crippen LogP contribution is 2.32. The highest BCUT2D eigenvalue weighted by molar-refractivity contribution is 6.06. The van der Waals surface area contributed by atoms with Gasteiger partial charge in [-0.3, -0.25) is 24.5 Å². The van der Waals surface area contributed by atoms with Crippen molar-refractivity contribution < 1.29 is 19.2 Å². The van der Waals surface area contributed by atoms with Crippen LogP contribution in [0.2, 0.25) is 0 Å². The zero-order chi connectivity index (χ0) is 22.4. The van der Waals surface area contributed by atoms with E-state index >= 15 is 0 Å². The predicted octanol–water partition coefficient (Wildman–Crippen LogP) is 1.84. The first kappa shape index (κ1) is 20.2. The maximum atomic E-state index is 13.0. The van der Waals surface area contributed by atoms with E-state index in [-0.39, 0.29) is 36.7 Å². The second-order valence-corrected chi connectivity index (χ2v) is 8.57. The molecule has 0 bridgehead atoms. The van der Waals surface area contributed by atoms with Crippen LogP contribution in [0.25, 0.3) is 0 Å². The number of carbonyl (C=O) groups is 4. The third-order valence-corrected chi connectivity index (χ3v) is 6.45. The minimum Gasteiger partial charge on any atom is -0.376 e. The van der Waals surface area contributed by atoms with Crippen molar-refractivity contribution in [3.63, 3.8) is 0 Å². The van der Waals surface area contributed by atoms with Crippen molar-refractivity contribution in [2.45, 2.75) is 44.8 Å². The molecule has 1 fully saturated rings. The summed E-state index contributed by atoms with van der Waals surface area (Å²) >= 11 is 0. The number of imide groups is 1. The molecule has 2 aromatic rings. The summed E-state index contributed by atoms with van der Waals surface area (Å²) in [4.78, 5) is 52.8. The Labute approximate surface area is 185 Å². The summed E-state index contributed by atoms with van der Waals surface area (Å²) in [5.74, 6) is -0.987. The van der Waals surface area contributed by atoms with Gasteiger partial charge in [-0.2, -0.15) is 0 Å². The van der Waals surface area contributed by atoms with Gasteiger partial charge in [0.05, 0.1) is 6.54 Å². The lowest BCUT2D eigenvalue weighted by atomic mass is 10.0. The van der Waals surface area contributed by atoms with Crippen LogP contribution < -0.4 is 15.5 Å². The molecule has 2 unspecified atom stereocenters. The van der Waals surface area contributed by atoms with Crippen molar-refractivity contribution in [2.75, 3.05) is 16.8 Å². The van der Waals surface area contributed by atoms with Crippen molar-refractivity contribution >= 4 is 35.0 Å². The van der Waals surface area contributed by atoms with Crippen LogP contribution in [0.15, 0.2) is 42.5 Å². The minimum absolute atomic E-state index is 0.0283. The number of nitrogens with zero attached hydrogens (tertiary/aromatic N) is 2. The highest BCUT2D eigenvalue weighted by Gasteiger charge is 2.39. The first-order chi connectivity index (χ1) is 15.4. The number of fused-ring (bicyclic) bond motifs is 2. The van der Waals surface area contributed by atoms with Crippen molar-refractivity contribution in [2.24, 2.45) is 0 Å². The molecule has 0 aromatic heterocycles. The molecule has 8 nitrogen and oxygen atoms in total. The molecule has 4 amide bonds. The first-order valence-electron chi connectivity index (χ1n) is 10.8. The molecule has 2 N–H and O–H groups in total. The van der Waals surface area contributed by atoms with E-state index in [0.29, 0.717) is 24.2 Å². The maximum absolute atomic E-state index is 13.0. The number of nitrogens with one attached hydrogen (secondary N) is 2. The summed E-state index contributed by atoms with van der Waals surface area (Å²) < 4.78 is 0. The molecule has 3 aliphatic rings. The molecule has 3 aliphatic heterocycles. The van der Waals surface area contributed by atoms with Gasteiger partial charge in [-0.05, 0) is 49.1 Å². The molecule has 0 radical (unpaired) electrons. The largest absolute Gasteiger partial charge is 0.376 e. The van der Waals surface area contributed by atoms with Gasteiger partial charge >= 0.3 is 0 Å². The van der Waals surface area contributed by atoms with E-state index in [9.17, 15) is 19.2 Å². The molecular weight excluding hydrogens is 408 g/mol. The van der Waals surface area contributed by atoms with Crippen molar-refractivity contribution in [1.82, 2.24) is 10.2 Å². The Morgan fingerprint density at radius 2 is 1.94 bits per heavy atom. The van der Waals surface area contributed by atoms with Gasteiger partial charge in [-0.25, -0.2) is 0 Å². The van der Waals surface area contributed by atoms with Gasteiger partial charge in [-0.15, -0.1) is 0 Å². The van der Waals surface area contributed by atoms with E-state index in [1.165, 1.54) is 10.5 Å². The standard InChI is InChI=1S/C24H24N4O4/c1-14-10-15-4-2-3-5-19(15)28(14)22(30)12-25-17-7-6-16-13-27(24(32)18(16)11-17)20-8-9-21(29)26-23(20)31/h2-7,11,14,20,25H,8-10,12-13H2,1H3,(H,26,29,31). The van der Waals surface area contributed by atoms with Crippen LogP contribution in [-0.2, 0) is 27.3 Å². The Kier molecular flexibility index (Phi) is 4.92. The topological polar surface area (TPSA) is 98.8 Å². The van der Waals surface area contributed by atoms with Gasteiger partial charge in [-0.1, -0.05) is 24.3 Å². The van der Waals surface area contributed by atoms with Crippen LogP contribution in [0.5, 0.6) is 0 Å². The van der Waals surface area contributed by atoms with Crippen molar-refractivity contribution in [1.29, 1.82) is 0 Å². The molecule has 1 saturated heterocycles. The smallest absolute Gasteiger partial charge is 0.255 e. The maximum Gasteiger partial charge on any atom is 0.255 e. The predicted molar refractivity (Wildman–Crippen MR) is 118 cm³/mol. The van der Waals surface area contributed by atoms with Crippen LogP contribution in [0.3, 0.4) is 0 Å². The van der Waals surface area contributed by atoms with Crippen LogP contribution in [0.1, 0.15) is 41.3 Å². The van der Waals surface area contributed by atoms with Gasteiger partial charge < -0.3 is 15.1 Å². The zero-order valence-corrected chi connectivity index (χ0v) is 17.8. The van der Waals surface area contributed by atoms with Gasteiger partial charge in [0.1, 0.15) is 6.04 Å². The number of piperidine rings is 1. The van der Waals surface area contributed by atoms with E-state index in [0.717, 1.165) is 17.7 Å². The van der Waals surface area contributed by atoms with Crippen LogP contribution in [0.4, 0.5) is 11.4 Å². The molecule has 0 saturated carbocycles. The summed E-state index contributed by atoms with van der Waals surface area (Å²) in [5.41, 5.74) is 4.15. The molecular formula is C24H24N4O4. The lowest BCUT2D eigenvalue weighted by molar-refractivity contribution is -0.137. The number of para-hydroxylation sites is 1. The molecule has 5 rings (SSSR count). The molecule has 32 heavy (non-hydrogen) atoms. The molecule has 0 aliphatic carbocycles. The average molecular weight is 432 g/mol. The summed E-state index contributed by atoms with van der Waals surface area (Å²) in [6.45, 7) is 2.49. The molecule has 0 spiro atoms. The Bertz CT molecular complexity index is 1140. The first-order valence-corrected chi connectivity index (χ1v) is 10.8. The summed E-state index contributed by atoms with van der Waals surface area (Å²) in [6.07, 6.45) is 1.40. The van der Waals surface area contributed by atoms with Crippen LogP contribution >= 0.6 is 0 Å². The fourth-order valence-corrected chi connectivity index (χ4v) is 4.87. The normalized spacial score (nSPS) is 22.0. The number of amides is 4. The fourth-order valence-electron chi connectivity index (χ4n) is 4.87. The molecule has 8 heteroatoms. The Morgan fingerprint density at radius 3 is 2.75 bits per heavy atom. The van der Waals surface area contributed by atoms with E-state index in [1.807, 2.05) is 48.2 Å². The Morgan fingerprint density at radius 1 is 1.12 bits per heavy atom. The minimum atomic E-state index is -0.637. The SMILES string of the molecule is CC1Cc2ccccc2N1C(=O)CNc1ccc2c(c1)C(=O)N(C1CCC(=O)NC1=O)C2. The quantitative estimate of drug-likeness (QED) is 0.719. The van der Waals surface area contributed by atoms with Crippen LogP contribution in [0, 0.1) is 0 Å². The molecule has 2 atom stereocenters. The van der Waals surface area contributed by atoms with E-state index < -0.39 is 11.9 Å². The molecule has 164 valence electrons. The van der Waals surface area contributed by atoms with Gasteiger partial charge in [0, 0.05) is 35.9 Å². The van der Waals surface area contributed by atoms with E-state index in [4.69, 9.17) is 0 Å². The summed E-state index contributed by atoms with van der Waals surface area (Å²) in [7, 11) is 0. The van der Waals surface area contributed by atoms with E-state index in [1.54, 1.807) is 6.07 Å². The number of rotatable bonds is 4. The zero-order valence-electron chi connectivity index (χ0n) is 17.8. The Hall–Kier alpha value is -3.68. The van der Waals surface area contributed by atoms with Crippen LogP contribution in [-0.4, -0.2) is 47.2 Å². The number of carbonyl (C=O) groups excluding carboxylic acids is 4. The third-order valence-electron chi connectivity index (χ3n) is 6.45. The average Bonchev–Trinajstić information content (AvgIpc) is 3.28. The number of hydrogen-bond acceptors (Lipinski definition) is 5. The summed E-state index contributed by atoms with van der Waals surface area (Å²) in [5, 5.41) is 5.45. The van der Waals surface area contributed by atoms with Crippen molar-refractivity contribution in [3.8, 4) is 0 Å². The van der Waals surface area contributed by atoms with Crippen molar-refractivity contribution in [3.05, 3.63) is 59.2 Å².